The minimum Gasteiger partial charge on any atom is -0.502 e. The molecule has 2 aromatic heterocycles. The number of fused-ring (bicyclic) bond motifs is 1. The van der Waals surface area contributed by atoms with Gasteiger partial charge >= 0.3 is 5.69 Å². The summed E-state index contributed by atoms with van der Waals surface area (Å²) < 4.78 is 1.19. The lowest BCUT2D eigenvalue weighted by Crippen LogP contribution is -2.30. The second-order valence-electron chi connectivity index (χ2n) is 6.67. The van der Waals surface area contributed by atoms with Crippen molar-refractivity contribution >= 4 is 39.4 Å². The summed E-state index contributed by atoms with van der Waals surface area (Å²) in [6.07, 6.45) is 2.50. The maximum atomic E-state index is 13.0. The fourth-order valence-corrected chi connectivity index (χ4v) is 3.95. The number of phenolic OH excluding ortho intramolecular Hbond substituents is 1. The first kappa shape index (κ1) is 20.9. The third-order valence-corrected chi connectivity index (χ3v) is 5.44. The molecule has 0 aliphatic carbocycles. The zero-order chi connectivity index (χ0) is 22.7. The second-order valence-corrected chi connectivity index (χ2v) is 7.53. The summed E-state index contributed by atoms with van der Waals surface area (Å²) in [7, 11) is 0. The first-order chi connectivity index (χ1) is 15.4. The number of benzene rings is 2. The number of hydrogen-bond donors (Lipinski definition) is 2. The third-order valence-electron chi connectivity index (χ3n) is 4.56. The van der Waals surface area contributed by atoms with Gasteiger partial charge in [0.2, 0.25) is 0 Å². The largest absolute Gasteiger partial charge is 0.502 e. The van der Waals surface area contributed by atoms with Crippen LogP contribution in [0.3, 0.4) is 0 Å². The number of nitro benzene ring substituents is 1. The number of thiophene rings is 1. The monoisotopic (exact) mass is 449 g/mol. The third kappa shape index (κ3) is 4.23. The molecule has 160 valence electrons. The van der Waals surface area contributed by atoms with Gasteiger partial charge in [0.1, 0.15) is 11.4 Å². The Bertz CT molecular complexity index is 1410. The molecule has 0 aliphatic rings. The van der Waals surface area contributed by atoms with Crippen molar-refractivity contribution in [3.05, 3.63) is 86.3 Å². The first-order valence-corrected chi connectivity index (χ1v) is 10.1. The molecule has 11 heteroatoms. The van der Waals surface area contributed by atoms with E-state index in [4.69, 9.17) is 0 Å². The van der Waals surface area contributed by atoms with Crippen LogP contribution in [-0.4, -0.2) is 31.7 Å². The predicted octanol–water partition coefficient (Wildman–Crippen LogP) is 2.89. The molecule has 0 aliphatic heterocycles. The molecule has 1 amide bonds. The number of nitro groups is 1. The summed E-state index contributed by atoms with van der Waals surface area (Å²) in [4.78, 5) is 40.2. The molecule has 2 aromatic carbocycles. The van der Waals surface area contributed by atoms with E-state index in [-0.39, 0.29) is 12.1 Å². The van der Waals surface area contributed by atoms with Crippen molar-refractivity contribution in [1.29, 1.82) is 0 Å². The smallest absolute Gasteiger partial charge is 0.311 e. The number of hydrogen-bond acceptors (Lipinski definition) is 8. The van der Waals surface area contributed by atoms with Gasteiger partial charge in [-0.25, -0.2) is 10.4 Å². The maximum Gasteiger partial charge on any atom is 0.311 e. The second kappa shape index (κ2) is 8.78. The molecule has 0 saturated heterocycles. The molecule has 4 aromatic rings. The van der Waals surface area contributed by atoms with Crippen LogP contribution >= 0.6 is 11.3 Å². The lowest BCUT2D eigenvalue weighted by atomic mass is 10.1. The molecule has 0 atom stereocenters. The van der Waals surface area contributed by atoms with Crippen molar-refractivity contribution in [2.75, 3.05) is 0 Å². The van der Waals surface area contributed by atoms with E-state index in [9.17, 15) is 24.8 Å². The number of rotatable bonds is 6. The fourth-order valence-electron chi connectivity index (χ4n) is 3.05. The molecule has 32 heavy (non-hydrogen) atoms. The Labute approximate surface area is 184 Å². The zero-order valence-electron chi connectivity index (χ0n) is 16.3. The van der Waals surface area contributed by atoms with Gasteiger partial charge in [-0.15, -0.1) is 11.3 Å². The Morgan fingerprint density at radius 3 is 2.81 bits per heavy atom. The highest BCUT2D eigenvalue weighted by Gasteiger charge is 2.15. The fraction of sp³-hybridized carbons (Fsp3) is 0.0476. The minimum atomic E-state index is -0.727. The lowest BCUT2D eigenvalue weighted by molar-refractivity contribution is -0.385. The Morgan fingerprint density at radius 1 is 1.28 bits per heavy atom. The Balaban J connectivity index is 1.51. The van der Waals surface area contributed by atoms with Gasteiger partial charge in [-0.1, -0.05) is 30.3 Å². The number of nitrogens with zero attached hydrogens (tertiary/aromatic N) is 4. The number of hydrazone groups is 1. The van der Waals surface area contributed by atoms with E-state index < -0.39 is 22.3 Å². The van der Waals surface area contributed by atoms with E-state index >= 15 is 0 Å². The van der Waals surface area contributed by atoms with Gasteiger partial charge in [0.15, 0.2) is 5.75 Å². The first-order valence-electron chi connectivity index (χ1n) is 9.25. The quantitative estimate of drug-likeness (QED) is 0.264. The summed E-state index contributed by atoms with van der Waals surface area (Å²) in [5.41, 5.74) is 3.39. The van der Waals surface area contributed by atoms with Crippen molar-refractivity contribution in [2.45, 2.75) is 6.54 Å². The van der Waals surface area contributed by atoms with Crippen LogP contribution in [0, 0.1) is 10.1 Å². The standard InChI is InChI=1S/C21H15N5O5S/c27-17-7-6-13(8-16(17)26(30)31)9-23-24-18(28)10-25-12-22-20-19(21(25)29)15(11-32-20)14-4-2-1-3-5-14/h1-9,11-12,27H,10H2,(H,24,28). The Kier molecular flexibility index (Phi) is 5.73. The van der Waals surface area contributed by atoms with Gasteiger partial charge in [-0.3, -0.25) is 24.3 Å². The highest BCUT2D eigenvalue weighted by molar-refractivity contribution is 7.17. The normalized spacial score (nSPS) is 11.1. The molecule has 0 bridgehead atoms. The molecule has 0 unspecified atom stereocenters. The van der Waals surface area contributed by atoms with Gasteiger partial charge < -0.3 is 5.11 Å². The van der Waals surface area contributed by atoms with Crippen LogP contribution in [0.2, 0.25) is 0 Å². The van der Waals surface area contributed by atoms with Gasteiger partial charge in [-0.2, -0.15) is 5.10 Å². The summed E-state index contributed by atoms with van der Waals surface area (Å²) in [6.45, 7) is -0.307. The van der Waals surface area contributed by atoms with Crippen molar-refractivity contribution in [1.82, 2.24) is 15.0 Å². The lowest BCUT2D eigenvalue weighted by Gasteiger charge is -2.05. The van der Waals surface area contributed by atoms with E-state index in [0.29, 0.717) is 15.8 Å². The average Bonchev–Trinajstić information content (AvgIpc) is 3.22. The van der Waals surface area contributed by atoms with Gasteiger partial charge in [0, 0.05) is 22.6 Å². The Hall–Kier alpha value is -4.38. The Morgan fingerprint density at radius 2 is 2.06 bits per heavy atom. The number of nitrogens with one attached hydrogen (secondary N) is 1. The van der Waals surface area contributed by atoms with Gasteiger partial charge in [-0.05, 0) is 17.7 Å². The summed E-state index contributed by atoms with van der Waals surface area (Å²) in [5.74, 6) is -1.05. The van der Waals surface area contributed by atoms with Crippen molar-refractivity contribution in [3.63, 3.8) is 0 Å². The summed E-state index contributed by atoms with van der Waals surface area (Å²) in [5, 5.41) is 26.4. The maximum absolute atomic E-state index is 13.0. The molecular weight excluding hydrogens is 434 g/mol. The number of carbonyl (C=O) groups is 1. The molecule has 0 fully saturated rings. The minimum absolute atomic E-state index is 0.306. The van der Waals surface area contributed by atoms with Crippen LogP contribution in [0.15, 0.2) is 70.1 Å². The number of aromatic nitrogens is 2. The molecule has 10 nitrogen and oxygen atoms in total. The molecule has 0 radical (unpaired) electrons. The SMILES string of the molecule is O=C(Cn1cnc2scc(-c3ccccc3)c2c1=O)NN=Cc1ccc(O)c([N+](=O)[O-])c1. The number of aromatic hydroxyl groups is 1. The number of carbonyl (C=O) groups excluding carboxylic acids is 1. The van der Waals surface area contributed by atoms with Gasteiger partial charge in [0.05, 0.1) is 22.9 Å². The van der Waals surface area contributed by atoms with E-state index in [1.54, 1.807) is 0 Å². The topological polar surface area (TPSA) is 140 Å². The van der Waals surface area contributed by atoms with Crippen LogP contribution in [0.5, 0.6) is 5.75 Å². The predicted molar refractivity (Wildman–Crippen MR) is 120 cm³/mol. The van der Waals surface area contributed by atoms with E-state index in [1.165, 1.54) is 34.5 Å². The van der Waals surface area contributed by atoms with Gasteiger partial charge in [0.25, 0.3) is 11.5 Å². The van der Waals surface area contributed by atoms with Crippen molar-refractivity contribution < 1.29 is 14.8 Å². The van der Waals surface area contributed by atoms with Crippen LogP contribution < -0.4 is 11.0 Å². The number of phenols is 1. The van der Waals surface area contributed by atoms with E-state index in [1.807, 2.05) is 35.7 Å². The molecule has 0 saturated carbocycles. The van der Waals surface area contributed by atoms with Crippen molar-refractivity contribution in [2.24, 2.45) is 5.10 Å². The molecule has 2 heterocycles. The highest BCUT2D eigenvalue weighted by Crippen LogP contribution is 2.30. The molecule has 4 rings (SSSR count). The zero-order valence-corrected chi connectivity index (χ0v) is 17.2. The van der Waals surface area contributed by atoms with Crippen LogP contribution in [-0.2, 0) is 11.3 Å². The van der Waals surface area contributed by atoms with Crippen LogP contribution in [0.25, 0.3) is 21.3 Å². The van der Waals surface area contributed by atoms with Crippen molar-refractivity contribution in [3.8, 4) is 16.9 Å². The van der Waals surface area contributed by atoms with E-state index in [0.717, 1.165) is 23.3 Å². The molecule has 0 spiro atoms. The number of amides is 1. The summed E-state index contributed by atoms with van der Waals surface area (Å²) >= 11 is 1.35. The average molecular weight is 449 g/mol. The molecule has 2 N–H and O–H groups in total. The molecular formula is C21H15N5O5S. The van der Waals surface area contributed by atoms with Crippen LogP contribution in [0.4, 0.5) is 5.69 Å². The van der Waals surface area contributed by atoms with E-state index in [2.05, 4.69) is 15.5 Å². The van der Waals surface area contributed by atoms with Crippen LogP contribution in [0.1, 0.15) is 5.56 Å². The summed E-state index contributed by atoms with van der Waals surface area (Å²) in [6, 6.07) is 13.1. The highest BCUT2D eigenvalue weighted by atomic mass is 32.1.